The summed E-state index contributed by atoms with van der Waals surface area (Å²) < 4.78 is 6.71. The zero-order chi connectivity index (χ0) is 31.6. The van der Waals surface area contributed by atoms with Gasteiger partial charge in [0.25, 0.3) is 0 Å². The van der Waals surface area contributed by atoms with Gasteiger partial charge in [-0.1, -0.05) is 121 Å². The molecule has 1 aromatic heterocycles. The van der Waals surface area contributed by atoms with E-state index in [0.717, 1.165) is 43.4 Å². The second kappa shape index (κ2) is 10.8. The highest BCUT2D eigenvalue weighted by atomic mass is 32.2. The average Bonchev–Trinajstić information content (AvgIpc) is 3.16. The van der Waals surface area contributed by atoms with Crippen LogP contribution in [0.4, 0.5) is 0 Å². The lowest BCUT2D eigenvalue weighted by atomic mass is 9.88. The fraction of sp³-hybridized carbons (Fsp3) is 0. The van der Waals surface area contributed by atoms with Gasteiger partial charge in [-0.25, -0.2) is 0 Å². The van der Waals surface area contributed by atoms with Gasteiger partial charge in [-0.2, -0.15) is 0 Å². The molecule has 224 valence electrons. The van der Waals surface area contributed by atoms with Crippen LogP contribution < -0.4 is 4.74 Å². The average molecular weight is 630 g/mol. The summed E-state index contributed by atoms with van der Waals surface area (Å²) in [4.78, 5) is 6.57. The van der Waals surface area contributed by atoms with Crippen molar-refractivity contribution in [2.75, 3.05) is 0 Å². The molecule has 0 radical (unpaired) electrons. The van der Waals surface area contributed by atoms with Gasteiger partial charge in [-0.3, -0.25) is 4.98 Å². The zero-order valence-corrected chi connectivity index (χ0v) is 26.7. The summed E-state index contributed by atoms with van der Waals surface area (Å²) >= 11 is 1.77. The van der Waals surface area contributed by atoms with Crippen molar-refractivity contribution in [1.29, 1.82) is 0 Å². The Bertz CT molecular complexity index is 2710. The molecule has 48 heavy (non-hydrogen) atoms. The fourth-order valence-corrected chi connectivity index (χ4v) is 8.28. The molecule has 0 saturated carbocycles. The first-order valence-electron chi connectivity index (χ1n) is 16.2. The molecule has 0 fully saturated rings. The van der Waals surface area contributed by atoms with Crippen molar-refractivity contribution in [1.82, 2.24) is 4.98 Å². The smallest absolute Gasteiger partial charge is 0.149 e. The van der Waals surface area contributed by atoms with Crippen LogP contribution in [0.2, 0.25) is 0 Å². The van der Waals surface area contributed by atoms with E-state index in [4.69, 9.17) is 4.74 Å². The van der Waals surface area contributed by atoms with E-state index >= 15 is 0 Å². The third-order valence-electron chi connectivity index (χ3n) is 9.60. The van der Waals surface area contributed by atoms with Crippen molar-refractivity contribution in [2.24, 2.45) is 0 Å². The van der Waals surface area contributed by atoms with E-state index in [1.807, 2.05) is 18.5 Å². The predicted octanol–water partition coefficient (Wildman–Crippen LogP) is 13.0. The number of hydrogen-bond acceptors (Lipinski definition) is 3. The number of fused-ring (bicyclic) bond motifs is 9. The maximum Gasteiger partial charge on any atom is 0.149 e. The quantitative estimate of drug-likeness (QED) is 0.182. The highest BCUT2D eigenvalue weighted by Gasteiger charge is 2.23. The molecule has 1 aliphatic heterocycles. The van der Waals surface area contributed by atoms with Gasteiger partial charge in [0.15, 0.2) is 0 Å². The lowest BCUT2D eigenvalue weighted by Crippen LogP contribution is -1.98. The van der Waals surface area contributed by atoms with Gasteiger partial charge in [0, 0.05) is 23.3 Å². The molecule has 2 nitrogen and oxygen atoms in total. The van der Waals surface area contributed by atoms with Gasteiger partial charge in [-0.05, 0) is 108 Å². The maximum absolute atomic E-state index is 6.71. The highest BCUT2D eigenvalue weighted by molar-refractivity contribution is 7.99. The van der Waals surface area contributed by atoms with E-state index in [2.05, 4.69) is 151 Å². The Morgan fingerprint density at radius 1 is 0.417 bits per heavy atom. The normalized spacial score (nSPS) is 12.2. The highest BCUT2D eigenvalue weighted by Crippen LogP contribution is 2.52. The predicted molar refractivity (Wildman–Crippen MR) is 201 cm³/mol. The van der Waals surface area contributed by atoms with Crippen LogP contribution in [0.5, 0.6) is 11.5 Å². The van der Waals surface area contributed by atoms with E-state index in [-0.39, 0.29) is 0 Å². The number of ether oxygens (including phenoxy) is 1. The molecule has 3 heteroatoms. The van der Waals surface area contributed by atoms with Crippen LogP contribution in [-0.4, -0.2) is 4.98 Å². The molecule has 0 amide bonds. The van der Waals surface area contributed by atoms with Gasteiger partial charge in [0.05, 0.1) is 9.79 Å². The molecule has 0 saturated heterocycles. The molecule has 8 aromatic carbocycles. The Morgan fingerprint density at radius 2 is 1.08 bits per heavy atom. The van der Waals surface area contributed by atoms with Crippen LogP contribution in [-0.2, 0) is 0 Å². The van der Waals surface area contributed by atoms with Crippen LogP contribution >= 0.6 is 11.8 Å². The van der Waals surface area contributed by atoms with Crippen LogP contribution in [0.3, 0.4) is 0 Å². The third-order valence-corrected chi connectivity index (χ3v) is 10.7. The molecule has 0 aliphatic carbocycles. The van der Waals surface area contributed by atoms with E-state index < -0.39 is 0 Å². The second-order valence-electron chi connectivity index (χ2n) is 12.3. The molecule has 0 unspecified atom stereocenters. The standard InChI is InChI=1S/C45H27NOS/c1-2-10-36-34(8-1)35-9-3-4-11-37(35)41-26-31(19-21-38(36)41)33-20-18-29(28-16-17-32-27-46-23-22-30(32)24-28)25-40(33)39-12-7-15-44-45(39)47-42-13-5-6-14-43(42)48-44/h1-27H. The van der Waals surface area contributed by atoms with E-state index in [0.29, 0.717) is 0 Å². The summed E-state index contributed by atoms with van der Waals surface area (Å²) in [5.41, 5.74) is 6.90. The van der Waals surface area contributed by atoms with Crippen molar-refractivity contribution in [2.45, 2.75) is 9.79 Å². The van der Waals surface area contributed by atoms with Gasteiger partial charge in [-0.15, -0.1) is 0 Å². The number of aromatic nitrogens is 1. The van der Waals surface area contributed by atoms with Crippen molar-refractivity contribution >= 4 is 54.9 Å². The topological polar surface area (TPSA) is 22.1 Å². The molecular weight excluding hydrogens is 603 g/mol. The third kappa shape index (κ3) is 4.32. The summed E-state index contributed by atoms with van der Waals surface area (Å²) in [5, 5.41) is 9.95. The fourth-order valence-electron chi connectivity index (χ4n) is 7.30. The van der Waals surface area contributed by atoms with Gasteiger partial charge in [0.2, 0.25) is 0 Å². The second-order valence-corrected chi connectivity index (χ2v) is 13.4. The first kappa shape index (κ1) is 27.2. The lowest BCUT2D eigenvalue weighted by Gasteiger charge is -2.23. The summed E-state index contributed by atoms with van der Waals surface area (Å²) in [5.74, 6) is 1.80. The van der Waals surface area contributed by atoms with Gasteiger partial charge >= 0.3 is 0 Å². The molecule has 0 spiro atoms. The molecule has 10 rings (SSSR count). The first-order chi connectivity index (χ1) is 23.8. The minimum atomic E-state index is 0.896. The monoisotopic (exact) mass is 629 g/mol. The van der Waals surface area contributed by atoms with E-state index in [1.54, 1.807) is 11.8 Å². The Balaban J connectivity index is 1.22. The molecular formula is C45H27NOS. The summed E-state index contributed by atoms with van der Waals surface area (Å²) in [6, 6.07) is 54.9. The van der Waals surface area contributed by atoms with Crippen LogP contribution in [0.15, 0.2) is 174 Å². The number of rotatable bonds is 3. The largest absolute Gasteiger partial charge is 0.454 e. The van der Waals surface area contributed by atoms with Gasteiger partial charge in [0.1, 0.15) is 11.5 Å². The Morgan fingerprint density at radius 3 is 1.92 bits per heavy atom. The number of pyridine rings is 1. The Hall–Kier alpha value is -5.90. The molecule has 2 heterocycles. The molecule has 0 bridgehead atoms. The van der Waals surface area contributed by atoms with Crippen LogP contribution in [0, 0.1) is 0 Å². The van der Waals surface area contributed by atoms with E-state index in [1.165, 1.54) is 54.4 Å². The maximum atomic E-state index is 6.71. The minimum Gasteiger partial charge on any atom is -0.454 e. The Kier molecular flexibility index (Phi) is 6.15. The van der Waals surface area contributed by atoms with Gasteiger partial charge < -0.3 is 4.74 Å². The molecule has 9 aromatic rings. The van der Waals surface area contributed by atoms with Crippen molar-refractivity contribution in [3.05, 3.63) is 164 Å². The zero-order valence-electron chi connectivity index (χ0n) is 25.9. The number of hydrogen-bond donors (Lipinski definition) is 0. The number of para-hydroxylation sites is 2. The Labute approximate surface area is 282 Å². The molecule has 0 atom stereocenters. The van der Waals surface area contributed by atoms with Crippen LogP contribution in [0.1, 0.15) is 0 Å². The summed E-state index contributed by atoms with van der Waals surface area (Å²) in [6.07, 6.45) is 3.78. The van der Waals surface area contributed by atoms with Crippen LogP contribution in [0.25, 0.3) is 76.5 Å². The lowest BCUT2D eigenvalue weighted by molar-refractivity contribution is 0.456. The first-order valence-corrected chi connectivity index (χ1v) is 17.0. The number of benzene rings is 8. The minimum absolute atomic E-state index is 0.896. The van der Waals surface area contributed by atoms with E-state index in [9.17, 15) is 0 Å². The SMILES string of the molecule is c1ccc2c(c1)Oc1c(cccc1-c1cc(-c3ccc4cnccc4c3)ccc1-c1ccc3c4ccccc4c4ccccc4c3c1)S2. The van der Waals surface area contributed by atoms with Crippen molar-refractivity contribution in [3.8, 4) is 44.9 Å². The molecule has 1 aliphatic rings. The molecule has 0 N–H and O–H groups in total. The van der Waals surface area contributed by atoms with Crippen molar-refractivity contribution < 1.29 is 4.74 Å². The van der Waals surface area contributed by atoms with Crippen molar-refractivity contribution in [3.63, 3.8) is 0 Å². The summed E-state index contributed by atoms with van der Waals surface area (Å²) in [7, 11) is 0. The summed E-state index contributed by atoms with van der Waals surface area (Å²) in [6.45, 7) is 0. The number of nitrogens with zero attached hydrogens (tertiary/aromatic N) is 1.